The minimum absolute atomic E-state index is 0.528. The molecule has 2 aromatic rings. The molecule has 0 radical (unpaired) electrons. The SMILES string of the molecule is CCN(Cc1ccccc1C)Cc1ccc(CN)cc1Cl. The zero-order valence-electron chi connectivity index (χ0n) is 12.8. The van der Waals surface area contributed by atoms with Crippen molar-refractivity contribution in [1.29, 1.82) is 0 Å². The lowest BCUT2D eigenvalue weighted by molar-refractivity contribution is 0.271. The summed E-state index contributed by atoms with van der Waals surface area (Å²) < 4.78 is 0. The Hall–Kier alpha value is -1.35. The van der Waals surface area contributed by atoms with Gasteiger partial charge in [0, 0.05) is 24.7 Å². The molecule has 2 aromatic carbocycles. The predicted octanol–water partition coefficient (Wildman–Crippen LogP) is 4.13. The lowest BCUT2D eigenvalue weighted by Gasteiger charge is -2.22. The van der Waals surface area contributed by atoms with Crippen molar-refractivity contribution in [2.24, 2.45) is 5.73 Å². The van der Waals surface area contributed by atoms with E-state index in [9.17, 15) is 0 Å². The van der Waals surface area contributed by atoms with Crippen molar-refractivity contribution in [1.82, 2.24) is 4.90 Å². The average molecular weight is 303 g/mol. The molecule has 2 rings (SSSR count). The van der Waals surface area contributed by atoms with Crippen molar-refractivity contribution in [2.75, 3.05) is 6.54 Å². The molecule has 21 heavy (non-hydrogen) atoms. The lowest BCUT2D eigenvalue weighted by atomic mass is 10.1. The van der Waals surface area contributed by atoms with Crippen LogP contribution in [0.4, 0.5) is 0 Å². The van der Waals surface area contributed by atoms with Gasteiger partial charge in [-0.2, -0.15) is 0 Å². The summed E-state index contributed by atoms with van der Waals surface area (Å²) in [5, 5.41) is 0.807. The number of hydrogen-bond donors (Lipinski definition) is 1. The van der Waals surface area contributed by atoms with Crippen LogP contribution in [0.15, 0.2) is 42.5 Å². The van der Waals surface area contributed by atoms with E-state index in [-0.39, 0.29) is 0 Å². The van der Waals surface area contributed by atoms with Gasteiger partial charge < -0.3 is 5.73 Å². The number of rotatable bonds is 6. The van der Waals surface area contributed by atoms with Gasteiger partial charge in [0.25, 0.3) is 0 Å². The van der Waals surface area contributed by atoms with Crippen molar-refractivity contribution in [3.63, 3.8) is 0 Å². The molecule has 112 valence electrons. The summed E-state index contributed by atoms with van der Waals surface area (Å²) >= 11 is 6.36. The van der Waals surface area contributed by atoms with Gasteiger partial charge in [0.1, 0.15) is 0 Å². The molecule has 0 bridgehead atoms. The number of nitrogens with two attached hydrogens (primary N) is 1. The van der Waals surface area contributed by atoms with Crippen LogP contribution < -0.4 is 5.73 Å². The van der Waals surface area contributed by atoms with E-state index < -0.39 is 0 Å². The Morgan fingerprint density at radius 3 is 2.38 bits per heavy atom. The average Bonchev–Trinajstić information content (AvgIpc) is 2.50. The molecule has 0 aliphatic rings. The molecule has 0 saturated carbocycles. The maximum absolute atomic E-state index is 6.36. The van der Waals surface area contributed by atoms with Crippen LogP contribution in [-0.2, 0) is 19.6 Å². The fourth-order valence-electron chi connectivity index (χ4n) is 2.39. The van der Waals surface area contributed by atoms with Gasteiger partial charge in [0.2, 0.25) is 0 Å². The molecule has 0 unspecified atom stereocenters. The number of aryl methyl sites for hydroxylation is 1. The maximum atomic E-state index is 6.36. The number of hydrogen-bond acceptors (Lipinski definition) is 2. The van der Waals surface area contributed by atoms with Crippen LogP contribution in [0.3, 0.4) is 0 Å². The highest BCUT2D eigenvalue weighted by atomic mass is 35.5. The van der Waals surface area contributed by atoms with Gasteiger partial charge in [0.05, 0.1) is 0 Å². The Bertz CT molecular complexity index is 596. The van der Waals surface area contributed by atoms with E-state index in [1.807, 2.05) is 6.07 Å². The van der Waals surface area contributed by atoms with Gasteiger partial charge in [-0.05, 0) is 41.8 Å². The third-order valence-electron chi connectivity index (χ3n) is 3.85. The molecular weight excluding hydrogens is 280 g/mol. The van der Waals surface area contributed by atoms with Crippen molar-refractivity contribution in [2.45, 2.75) is 33.5 Å². The molecule has 2 nitrogen and oxygen atoms in total. The molecule has 0 fully saturated rings. The number of halogens is 1. The molecule has 0 atom stereocenters. The Kier molecular flexibility index (Phi) is 5.80. The molecule has 0 spiro atoms. The first-order valence-corrected chi connectivity index (χ1v) is 7.76. The highest BCUT2D eigenvalue weighted by Gasteiger charge is 2.09. The van der Waals surface area contributed by atoms with Crippen LogP contribution in [0.2, 0.25) is 5.02 Å². The summed E-state index contributed by atoms with van der Waals surface area (Å²) in [6, 6.07) is 14.6. The highest BCUT2D eigenvalue weighted by Crippen LogP contribution is 2.21. The van der Waals surface area contributed by atoms with E-state index >= 15 is 0 Å². The van der Waals surface area contributed by atoms with Crippen LogP contribution in [0.25, 0.3) is 0 Å². The van der Waals surface area contributed by atoms with Crippen molar-refractivity contribution >= 4 is 11.6 Å². The van der Waals surface area contributed by atoms with Gasteiger partial charge in [-0.3, -0.25) is 4.90 Å². The van der Waals surface area contributed by atoms with Crippen LogP contribution in [0.1, 0.15) is 29.2 Å². The van der Waals surface area contributed by atoms with Gasteiger partial charge in [-0.15, -0.1) is 0 Å². The van der Waals surface area contributed by atoms with Gasteiger partial charge in [0.15, 0.2) is 0 Å². The zero-order valence-corrected chi connectivity index (χ0v) is 13.5. The third kappa shape index (κ3) is 4.31. The van der Waals surface area contributed by atoms with Crippen molar-refractivity contribution in [3.8, 4) is 0 Å². The van der Waals surface area contributed by atoms with E-state index in [1.165, 1.54) is 11.1 Å². The molecule has 0 amide bonds. The predicted molar refractivity (Wildman–Crippen MR) is 90.3 cm³/mol. The summed E-state index contributed by atoms with van der Waals surface area (Å²) in [7, 11) is 0. The lowest BCUT2D eigenvalue weighted by Crippen LogP contribution is -2.23. The summed E-state index contributed by atoms with van der Waals surface area (Å²) in [6.45, 7) is 7.66. The molecule has 0 saturated heterocycles. The fourth-order valence-corrected chi connectivity index (χ4v) is 2.66. The van der Waals surface area contributed by atoms with E-state index in [4.69, 9.17) is 17.3 Å². The van der Waals surface area contributed by atoms with Crippen LogP contribution in [0.5, 0.6) is 0 Å². The van der Waals surface area contributed by atoms with E-state index in [2.05, 4.69) is 55.1 Å². The topological polar surface area (TPSA) is 29.3 Å². The number of benzene rings is 2. The fraction of sp³-hybridized carbons (Fsp3) is 0.333. The van der Waals surface area contributed by atoms with E-state index in [0.29, 0.717) is 6.54 Å². The Labute approximate surface area is 132 Å². The van der Waals surface area contributed by atoms with Crippen LogP contribution in [0, 0.1) is 6.92 Å². The minimum atomic E-state index is 0.528. The molecule has 3 heteroatoms. The molecule has 0 aliphatic carbocycles. The van der Waals surface area contributed by atoms with Crippen molar-refractivity contribution < 1.29 is 0 Å². The Morgan fingerprint density at radius 2 is 1.76 bits per heavy atom. The Morgan fingerprint density at radius 1 is 1.05 bits per heavy atom. The van der Waals surface area contributed by atoms with Gasteiger partial charge in [-0.1, -0.05) is 54.9 Å². The first-order valence-electron chi connectivity index (χ1n) is 7.38. The second-order valence-electron chi connectivity index (χ2n) is 5.36. The van der Waals surface area contributed by atoms with Gasteiger partial charge in [-0.25, -0.2) is 0 Å². The quantitative estimate of drug-likeness (QED) is 0.869. The van der Waals surface area contributed by atoms with E-state index in [1.54, 1.807) is 0 Å². The molecular formula is C18H23ClN2. The van der Waals surface area contributed by atoms with E-state index in [0.717, 1.165) is 35.8 Å². The second kappa shape index (κ2) is 7.60. The minimum Gasteiger partial charge on any atom is -0.326 e. The maximum Gasteiger partial charge on any atom is 0.0454 e. The summed E-state index contributed by atoms with van der Waals surface area (Å²) in [6.07, 6.45) is 0. The standard InChI is InChI=1S/C18H23ClN2/c1-3-21(12-16-7-5-4-6-14(16)2)13-17-9-8-15(11-20)10-18(17)19/h4-10H,3,11-13,20H2,1-2H3. The Balaban J connectivity index is 2.11. The first kappa shape index (κ1) is 16.0. The summed E-state index contributed by atoms with van der Waals surface area (Å²) in [4.78, 5) is 2.39. The number of nitrogens with zero attached hydrogens (tertiary/aromatic N) is 1. The van der Waals surface area contributed by atoms with Crippen LogP contribution >= 0.6 is 11.6 Å². The summed E-state index contributed by atoms with van der Waals surface area (Å²) in [5.74, 6) is 0. The monoisotopic (exact) mass is 302 g/mol. The highest BCUT2D eigenvalue weighted by molar-refractivity contribution is 6.31. The molecule has 0 aromatic heterocycles. The second-order valence-corrected chi connectivity index (χ2v) is 5.77. The smallest absolute Gasteiger partial charge is 0.0454 e. The third-order valence-corrected chi connectivity index (χ3v) is 4.20. The van der Waals surface area contributed by atoms with Crippen LogP contribution in [-0.4, -0.2) is 11.4 Å². The first-order chi connectivity index (χ1) is 10.1. The largest absolute Gasteiger partial charge is 0.326 e. The normalized spacial score (nSPS) is 11.1. The van der Waals surface area contributed by atoms with Gasteiger partial charge >= 0.3 is 0 Å². The van der Waals surface area contributed by atoms with Crippen molar-refractivity contribution in [3.05, 3.63) is 69.7 Å². The zero-order chi connectivity index (χ0) is 15.2. The molecule has 2 N–H and O–H groups in total. The molecule has 0 heterocycles. The summed E-state index contributed by atoms with van der Waals surface area (Å²) in [5.41, 5.74) is 10.6. The molecule has 0 aliphatic heterocycles.